The van der Waals surface area contributed by atoms with Crippen molar-refractivity contribution in [3.63, 3.8) is 0 Å². The fraction of sp³-hybridized carbons (Fsp3) is 0.750. The number of carbonyl (C=O) groups is 1. The van der Waals surface area contributed by atoms with Crippen molar-refractivity contribution in [3.05, 3.63) is 0 Å². The molecule has 27 heavy (non-hydrogen) atoms. The van der Waals surface area contributed by atoms with Gasteiger partial charge in [-0.15, -0.1) is 0 Å². The maximum absolute atomic E-state index is 11.8. The average Bonchev–Trinajstić information content (AvgIpc) is 2.90. The van der Waals surface area contributed by atoms with Crippen molar-refractivity contribution < 1.29 is 59.9 Å². The molecule has 0 saturated carbocycles. The van der Waals surface area contributed by atoms with Crippen molar-refractivity contribution in [2.75, 3.05) is 20.8 Å². The summed E-state index contributed by atoms with van der Waals surface area (Å²) in [6.07, 6.45) is -3.29. The summed E-state index contributed by atoms with van der Waals surface area (Å²) in [7, 11) is -8.07. The van der Waals surface area contributed by atoms with E-state index in [0.717, 1.165) is 14.2 Å². The topological polar surface area (TPSA) is 211 Å². The van der Waals surface area contributed by atoms with Crippen molar-refractivity contribution in [2.45, 2.75) is 18.6 Å². The molecule has 0 aromatic rings. The Kier molecular flexibility index (Phi) is 8.79. The molecule has 1 radical (unpaired) electrons. The zero-order valence-corrected chi connectivity index (χ0v) is 16.6. The van der Waals surface area contributed by atoms with E-state index >= 15 is 0 Å². The van der Waals surface area contributed by atoms with Crippen LogP contribution in [0.25, 0.3) is 0 Å². The van der Waals surface area contributed by atoms with Gasteiger partial charge in [0.15, 0.2) is 0 Å². The molecule has 19 heteroatoms. The first-order valence-corrected chi connectivity index (χ1v) is 11.2. The van der Waals surface area contributed by atoms with Crippen LogP contribution in [-0.2, 0) is 45.4 Å². The van der Waals surface area contributed by atoms with Gasteiger partial charge in [-0.05, 0) is 0 Å². The molecular formula is C8H17BN2O13P3. The molecule has 1 fully saturated rings. The van der Waals surface area contributed by atoms with E-state index in [4.69, 9.17) is 22.8 Å². The Morgan fingerprint density at radius 1 is 1.26 bits per heavy atom. The van der Waals surface area contributed by atoms with Crippen LogP contribution < -0.4 is 11.3 Å². The summed E-state index contributed by atoms with van der Waals surface area (Å²) < 4.78 is 66.0. The third kappa shape index (κ3) is 8.10. The number of phosphoric ester groups is 2. The molecule has 1 aliphatic heterocycles. The van der Waals surface area contributed by atoms with Crippen molar-refractivity contribution in [3.8, 4) is 0 Å². The van der Waals surface area contributed by atoms with Gasteiger partial charge in [-0.1, -0.05) is 0 Å². The van der Waals surface area contributed by atoms with Crippen LogP contribution in [0.2, 0.25) is 0 Å². The second kappa shape index (κ2) is 9.72. The Balaban J connectivity index is 2.70. The first-order valence-electron chi connectivity index (χ1n) is 6.75. The predicted octanol–water partition coefficient (Wildman–Crippen LogP) is -0.306. The number of rotatable bonds is 10. The summed E-state index contributed by atoms with van der Waals surface area (Å²) >= 11 is 0. The van der Waals surface area contributed by atoms with Crippen LogP contribution in [0.1, 0.15) is 6.42 Å². The normalized spacial score (nSPS) is 24.5. The molecule has 0 bridgehead atoms. The van der Waals surface area contributed by atoms with Crippen molar-refractivity contribution in [2.24, 2.45) is 5.84 Å². The van der Waals surface area contributed by atoms with Gasteiger partial charge in [0.2, 0.25) is 0 Å². The van der Waals surface area contributed by atoms with E-state index in [1.807, 2.05) is 0 Å². The molecule has 0 aromatic heterocycles. The molecule has 1 rings (SSSR count). The summed E-state index contributed by atoms with van der Waals surface area (Å²) in [6, 6.07) is 0. The van der Waals surface area contributed by atoms with Crippen molar-refractivity contribution in [1.82, 2.24) is 5.43 Å². The van der Waals surface area contributed by atoms with E-state index in [1.165, 1.54) is 0 Å². The number of hydrogen-bond acceptors (Lipinski definition) is 12. The van der Waals surface area contributed by atoms with Crippen molar-refractivity contribution >= 4 is 42.7 Å². The fourth-order valence-corrected chi connectivity index (χ4v) is 5.33. The standard InChI is InChI=1S/C8H17BN2O13P3/c1-18-27(17,19-2)24-26(15,16)23-25(13,14)20-4-6-5(3-7(9)21-6)22-8(12)11-10/h5-6H,3-4,10H2,1-2H3,(H,11,12)(H,13,14)(H,15,16)/t5?,6-/m1/s1. The first kappa shape index (κ1) is 24.4. The zero-order chi connectivity index (χ0) is 20.9. The third-order valence-electron chi connectivity index (χ3n) is 2.75. The van der Waals surface area contributed by atoms with E-state index in [-0.39, 0.29) is 12.1 Å². The van der Waals surface area contributed by atoms with Gasteiger partial charge in [-0.25, -0.2) is 0 Å². The molecular weight excluding hydrogens is 436 g/mol. The molecule has 1 heterocycles. The quantitative estimate of drug-likeness (QED) is 0.110. The van der Waals surface area contributed by atoms with Gasteiger partial charge in [0.05, 0.1) is 0 Å². The maximum atomic E-state index is 11.8. The van der Waals surface area contributed by atoms with Gasteiger partial charge in [0.25, 0.3) is 0 Å². The number of nitrogens with two attached hydrogens (primary N) is 1. The summed E-state index contributed by atoms with van der Waals surface area (Å²) in [6.45, 7) is -0.761. The van der Waals surface area contributed by atoms with Crippen LogP contribution in [0.4, 0.5) is 4.79 Å². The Morgan fingerprint density at radius 3 is 2.37 bits per heavy atom. The van der Waals surface area contributed by atoms with E-state index in [9.17, 15) is 28.3 Å². The molecule has 1 aliphatic rings. The van der Waals surface area contributed by atoms with Crippen LogP contribution in [0.3, 0.4) is 0 Å². The third-order valence-corrected chi connectivity index (χ3v) is 7.40. The number of ether oxygens (including phenoxy) is 2. The van der Waals surface area contributed by atoms with E-state index in [1.54, 1.807) is 5.43 Å². The molecule has 0 aromatic carbocycles. The molecule has 15 nitrogen and oxygen atoms in total. The van der Waals surface area contributed by atoms with E-state index in [0.29, 0.717) is 0 Å². The number of hydrazine groups is 1. The van der Waals surface area contributed by atoms with Gasteiger partial charge in [-0.2, -0.15) is 0 Å². The van der Waals surface area contributed by atoms with Crippen LogP contribution in [-0.4, -0.2) is 62.1 Å². The Labute approximate surface area is 154 Å². The van der Waals surface area contributed by atoms with Gasteiger partial charge in [0, 0.05) is 0 Å². The second-order valence-corrected chi connectivity index (χ2v) is 9.69. The number of hydrogen-bond donors (Lipinski definition) is 4. The molecule has 1 saturated heterocycles. The molecule has 5 N–H and O–H groups in total. The molecule has 0 spiro atoms. The monoisotopic (exact) mass is 453 g/mol. The summed E-state index contributed by atoms with van der Waals surface area (Å²) in [4.78, 5) is 30.1. The Hall–Kier alpha value is -0.625. The second-order valence-electron chi connectivity index (χ2n) is 4.62. The molecule has 1 amide bonds. The van der Waals surface area contributed by atoms with Gasteiger partial charge < -0.3 is 0 Å². The predicted molar refractivity (Wildman–Crippen MR) is 87.2 cm³/mol. The zero-order valence-electron chi connectivity index (χ0n) is 14.0. The summed E-state index contributed by atoms with van der Waals surface area (Å²) in [5.41, 5.74) is 1.62. The Bertz CT molecular complexity index is 695. The summed E-state index contributed by atoms with van der Waals surface area (Å²) in [5.74, 6) is 4.86. The van der Waals surface area contributed by atoms with Gasteiger partial charge in [0.1, 0.15) is 0 Å². The fourth-order valence-electron chi connectivity index (χ4n) is 1.68. The molecule has 0 aliphatic carbocycles. The number of phosphoric acid groups is 3. The molecule has 155 valence electrons. The first-order chi connectivity index (χ1) is 12.4. The molecule has 3 unspecified atom stereocenters. The van der Waals surface area contributed by atoms with Gasteiger partial charge >= 0.3 is 153 Å². The Morgan fingerprint density at radius 2 is 1.85 bits per heavy atom. The number of nitrogens with one attached hydrogen (secondary N) is 1. The minimum atomic E-state index is -5.42. The summed E-state index contributed by atoms with van der Waals surface area (Å²) in [5, 5.41) is 0. The van der Waals surface area contributed by atoms with Crippen LogP contribution in [0, 0.1) is 0 Å². The van der Waals surface area contributed by atoms with Crippen LogP contribution in [0.5, 0.6) is 0 Å². The van der Waals surface area contributed by atoms with E-state index < -0.39 is 48.4 Å². The molecule has 4 atom stereocenters. The van der Waals surface area contributed by atoms with Gasteiger partial charge in [-0.3, -0.25) is 0 Å². The van der Waals surface area contributed by atoms with Crippen LogP contribution in [0.15, 0.2) is 0 Å². The van der Waals surface area contributed by atoms with E-state index in [2.05, 4.69) is 22.2 Å². The van der Waals surface area contributed by atoms with Crippen molar-refractivity contribution in [1.29, 1.82) is 0 Å². The SMILES string of the molecule is [B]=C1CC(OC(=O)NN)[C@@H](COP(=O)(O)OP(=O)(O)OP(=O)(OC)OC)O1. The average molecular weight is 453 g/mol. The number of carbonyl (C=O) groups excluding carboxylic acids is 1. The number of amides is 1. The van der Waals surface area contributed by atoms with Crippen LogP contribution >= 0.6 is 23.5 Å². The minimum absolute atomic E-state index is 0.0650.